The van der Waals surface area contributed by atoms with E-state index in [1.807, 2.05) is 12.1 Å². The third-order valence-corrected chi connectivity index (χ3v) is 7.49. The number of imidazole rings is 1. The number of aromatic amines is 2. The molecule has 1 fully saturated rings. The van der Waals surface area contributed by atoms with Crippen LogP contribution >= 0.6 is 0 Å². The van der Waals surface area contributed by atoms with Crippen molar-refractivity contribution in [3.63, 3.8) is 0 Å². The highest BCUT2D eigenvalue weighted by atomic mass is 16.5. The Balaban J connectivity index is 1.18. The van der Waals surface area contributed by atoms with Crippen molar-refractivity contribution in [1.82, 2.24) is 14.9 Å². The average molecular weight is 428 g/mol. The number of nitrogens with one attached hydrogen (secondary N) is 2. The first kappa shape index (κ1) is 19.3. The number of aryl methyl sites for hydroxylation is 1. The van der Waals surface area contributed by atoms with E-state index in [0.29, 0.717) is 34.8 Å². The number of piperidine rings is 1. The minimum absolute atomic E-state index is 0.0866. The van der Waals surface area contributed by atoms with Crippen molar-refractivity contribution in [3.8, 4) is 11.8 Å². The summed E-state index contributed by atoms with van der Waals surface area (Å²) in [6.45, 7) is 1.81. The van der Waals surface area contributed by atoms with Crippen molar-refractivity contribution >= 4 is 16.8 Å². The number of fused-ring (bicyclic) bond motifs is 3. The van der Waals surface area contributed by atoms with Gasteiger partial charge in [0.15, 0.2) is 5.78 Å². The van der Waals surface area contributed by atoms with Gasteiger partial charge < -0.3 is 14.7 Å². The fourth-order valence-electron chi connectivity index (χ4n) is 5.71. The minimum Gasteiger partial charge on any atom is -0.486 e. The molecule has 1 atom stereocenters. The number of nitrogens with zero attached hydrogens (tertiary/aromatic N) is 2. The molecule has 2 N–H and O–H groups in total. The summed E-state index contributed by atoms with van der Waals surface area (Å²) >= 11 is 0. The highest BCUT2D eigenvalue weighted by Crippen LogP contribution is 2.41. The van der Waals surface area contributed by atoms with Gasteiger partial charge in [0, 0.05) is 38.0 Å². The Labute approximate surface area is 185 Å². The molecule has 7 heteroatoms. The van der Waals surface area contributed by atoms with E-state index in [0.717, 1.165) is 50.8 Å². The van der Waals surface area contributed by atoms with E-state index in [2.05, 4.69) is 27.0 Å². The monoisotopic (exact) mass is 428 g/mol. The van der Waals surface area contributed by atoms with Gasteiger partial charge in [0.05, 0.1) is 34.7 Å². The molecule has 1 aliphatic carbocycles. The van der Waals surface area contributed by atoms with Crippen molar-refractivity contribution in [1.29, 1.82) is 5.26 Å². The molecule has 1 saturated heterocycles. The van der Waals surface area contributed by atoms with Crippen molar-refractivity contribution in [2.24, 2.45) is 0 Å². The summed E-state index contributed by atoms with van der Waals surface area (Å²) in [5.74, 6) is 0.667. The Hall–Kier alpha value is -3.37. The summed E-state index contributed by atoms with van der Waals surface area (Å²) < 4.78 is 6.45. The molecule has 7 nitrogen and oxygen atoms in total. The van der Waals surface area contributed by atoms with Crippen LogP contribution in [0.4, 0.5) is 0 Å². The van der Waals surface area contributed by atoms with Crippen molar-refractivity contribution in [2.75, 3.05) is 13.1 Å². The standard InChI is InChI=1S/C25H24N4O3/c26-14-15-1-2-17-10-18(4-3-16(17)9-15)29-7-5-25(6-8-29)13-22(30)19-11-20-21(12-23(19)32-25)28-24(31)27-20/h1-2,9,11-12,18H,3-8,10,13H2,(H2,27,28,31). The number of ketones is 1. The number of Topliss-reactive ketones (excluding diaryl/α,β-unsaturated/α-hetero) is 1. The molecule has 2 aromatic carbocycles. The maximum Gasteiger partial charge on any atom is 0.323 e. The number of carbonyl (C=O) groups excluding carboxylic acids is 1. The van der Waals surface area contributed by atoms with E-state index in [9.17, 15) is 9.59 Å². The van der Waals surface area contributed by atoms with Gasteiger partial charge in [-0.15, -0.1) is 0 Å². The van der Waals surface area contributed by atoms with Crippen LogP contribution in [0.5, 0.6) is 5.75 Å². The molecule has 3 heterocycles. The van der Waals surface area contributed by atoms with E-state index >= 15 is 0 Å². The summed E-state index contributed by atoms with van der Waals surface area (Å²) in [6, 6.07) is 12.3. The number of carbonyl (C=O) groups is 1. The molecule has 0 saturated carbocycles. The highest BCUT2D eigenvalue weighted by molar-refractivity contribution is 6.03. The zero-order chi connectivity index (χ0) is 21.9. The summed E-state index contributed by atoms with van der Waals surface area (Å²) in [6.07, 6.45) is 5.13. The van der Waals surface area contributed by atoms with E-state index < -0.39 is 5.60 Å². The molecular weight excluding hydrogens is 404 g/mol. The number of hydrogen-bond acceptors (Lipinski definition) is 5. The number of aromatic nitrogens is 2. The van der Waals surface area contributed by atoms with Crippen LogP contribution in [0.1, 0.15) is 52.7 Å². The normalized spacial score (nSPS) is 22.2. The zero-order valence-electron chi connectivity index (χ0n) is 17.7. The lowest BCUT2D eigenvalue weighted by molar-refractivity contribution is -0.0199. The van der Waals surface area contributed by atoms with Crippen LogP contribution in [0, 0.1) is 11.3 Å². The third-order valence-electron chi connectivity index (χ3n) is 7.49. The van der Waals surface area contributed by atoms with Gasteiger partial charge in [-0.2, -0.15) is 5.26 Å². The molecule has 6 rings (SSSR count). The summed E-state index contributed by atoms with van der Waals surface area (Å²) in [5.41, 5.74) is 4.51. The highest BCUT2D eigenvalue weighted by Gasteiger charge is 2.44. The molecule has 2 aliphatic heterocycles. The second-order valence-electron chi connectivity index (χ2n) is 9.39. The minimum atomic E-state index is -0.459. The van der Waals surface area contributed by atoms with Gasteiger partial charge in [0.2, 0.25) is 0 Å². The van der Waals surface area contributed by atoms with Crippen LogP contribution in [-0.2, 0) is 12.8 Å². The van der Waals surface area contributed by atoms with Gasteiger partial charge in [-0.3, -0.25) is 9.69 Å². The third kappa shape index (κ3) is 3.14. The molecule has 162 valence electrons. The molecular formula is C25H24N4O3. The Bertz CT molecular complexity index is 1340. The largest absolute Gasteiger partial charge is 0.486 e. The van der Waals surface area contributed by atoms with Gasteiger partial charge in [0.25, 0.3) is 0 Å². The van der Waals surface area contributed by atoms with Gasteiger partial charge in [-0.05, 0) is 48.6 Å². The first-order valence-electron chi connectivity index (χ1n) is 11.3. The number of likely N-dealkylation sites (tertiary alicyclic amines) is 1. The molecule has 32 heavy (non-hydrogen) atoms. The molecule has 1 unspecified atom stereocenters. The lowest BCUT2D eigenvalue weighted by Crippen LogP contribution is -2.54. The van der Waals surface area contributed by atoms with E-state index in [4.69, 9.17) is 10.00 Å². The maximum absolute atomic E-state index is 13.0. The number of H-pyrrole nitrogens is 2. The zero-order valence-corrected chi connectivity index (χ0v) is 17.7. The second kappa shape index (κ2) is 7.07. The van der Waals surface area contributed by atoms with Crippen LogP contribution in [0.25, 0.3) is 11.0 Å². The Morgan fingerprint density at radius 3 is 2.62 bits per heavy atom. The number of benzene rings is 2. The molecule has 0 radical (unpaired) electrons. The topological polar surface area (TPSA) is 102 Å². The van der Waals surface area contributed by atoms with Crippen LogP contribution in [-0.4, -0.2) is 45.4 Å². The molecule has 3 aromatic rings. The Morgan fingerprint density at radius 2 is 1.84 bits per heavy atom. The van der Waals surface area contributed by atoms with Crippen molar-refractivity contribution in [2.45, 2.75) is 50.2 Å². The summed E-state index contributed by atoms with van der Waals surface area (Å²) in [5, 5.41) is 9.14. The van der Waals surface area contributed by atoms with E-state index in [1.165, 1.54) is 11.1 Å². The predicted octanol–water partition coefficient (Wildman–Crippen LogP) is 3.09. The quantitative estimate of drug-likeness (QED) is 0.620. The second-order valence-corrected chi connectivity index (χ2v) is 9.39. The van der Waals surface area contributed by atoms with Crippen LogP contribution in [0.2, 0.25) is 0 Å². The van der Waals surface area contributed by atoms with Crippen LogP contribution < -0.4 is 10.4 Å². The fraction of sp³-hybridized carbons (Fsp3) is 0.400. The Morgan fingerprint density at radius 1 is 1.06 bits per heavy atom. The number of nitriles is 1. The molecule has 1 spiro atoms. The Kier molecular flexibility index (Phi) is 4.27. The first-order chi connectivity index (χ1) is 15.5. The maximum atomic E-state index is 13.0. The number of rotatable bonds is 1. The summed E-state index contributed by atoms with van der Waals surface area (Å²) in [4.78, 5) is 32.6. The van der Waals surface area contributed by atoms with Gasteiger partial charge >= 0.3 is 5.69 Å². The summed E-state index contributed by atoms with van der Waals surface area (Å²) in [7, 11) is 0. The van der Waals surface area contributed by atoms with Crippen LogP contribution in [0.3, 0.4) is 0 Å². The molecule has 3 aliphatic rings. The lowest BCUT2D eigenvalue weighted by Gasteiger charge is -2.46. The van der Waals surface area contributed by atoms with Gasteiger partial charge in [-0.1, -0.05) is 6.07 Å². The average Bonchev–Trinajstić information content (AvgIpc) is 3.16. The lowest BCUT2D eigenvalue weighted by atomic mass is 9.80. The number of ether oxygens (including phenoxy) is 1. The van der Waals surface area contributed by atoms with E-state index in [1.54, 1.807) is 12.1 Å². The van der Waals surface area contributed by atoms with Gasteiger partial charge in [-0.25, -0.2) is 4.79 Å². The van der Waals surface area contributed by atoms with Gasteiger partial charge in [0.1, 0.15) is 11.4 Å². The van der Waals surface area contributed by atoms with Crippen molar-refractivity contribution in [3.05, 3.63) is 63.1 Å². The van der Waals surface area contributed by atoms with Crippen LogP contribution in [0.15, 0.2) is 35.1 Å². The SMILES string of the molecule is N#Cc1ccc2c(c1)CCC(N1CCC3(CC1)CC(=O)c1cc4[nH]c(=O)[nH]c4cc1O3)C2. The molecule has 1 aromatic heterocycles. The predicted molar refractivity (Wildman–Crippen MR) is 119 cm³/mol. The van der Waals surface area contributed by atoms with E-state index in [-0.39, 0.29) is 11.5 Å². The first-order valence-corrected chi connectivity index (χ1v) is 11.3. The fourth-order valence-corrected chi connectivity index (χ4v) is 5.71. The smallest absolute Gasteiger partial charge is 0.323 e. The molecule has 0 amide bonds. The van der Waals surface area contributed by atoms with Crippen molar-refractivity contribution < 1.29 is 9.53 Å². The molecule has 0 bridgehead atoms. The number of hydrogen-bond donors (Lipinski definition) is 2.